The van der Waals surface area contributed by atoms with Crippen LogP contribution in [0, 0.1) is 0 Å². The largest absolute Gasteiger partial charge is 0.370 e. The van der Waals surface area contributed by atoms with Crippen LogP contribution >= 0.6 is 11.8 Å². The average molecular weight is 291 g/mol. The lowest BCUT2D eigenvalue weighted by Crippen LogP contribution is -2.16. The van der Waals surface area contributed by atoms with Gasteiger partial charge in [-0.2, -0.15) is 0 Å². The van der Waals surface area contributed by atoms with Gasteiger partial charge in [0.25, 0.3) is 0 Å². The predicted octanol–water partition coefficient (Wildman–Crippen LogP) is 2.03. The highest BCUT2D eigenvalue weighted by Crippen LogP contribution is 2.36. The molecule has 3 rings (SSSR count). The van der Waals surface area contributed by atoms with Gasteiger partial charge in [-0.25, -0.2) is 14.9 Å². The maximum absolute atomic E-state index is 11.7. The molecule has 0 radical (unpaired) electrons. The Balaban J connectivity index is 1.66. The summed E-state index contributed by atoms with van der Waals surface area (Å²) in [5.74, 6) is 1.65. The Morgan fingerprint density at radius 2 is 2.35 bits per heavy atom. The summed E-state index contributed by atoms with van der Waals surface area (Å²) in [5, 5.41) is 10.6. The Hall–Kier alpha value is -1.76. The van der Waals surface area contributed by atoms with Gasteiger partial charge in [-0.1, -0.05) is 17.8 Å². The van der Waals surface area contributed by atoms with E-state index in [4.69, 9.17) is 0 Å². The summed E-state index contributed by atoms with van der Waals surface area (Å²) in [5.41, 5.74) is 1.02. The molecule has 2 N–H and O–H groups in total. The molecule has 106 valence electrons. The molecule has 1 saturated carbocycles. The number of aromatic amines is 1. The molecule has 2 heterocycles. The summed E-state index contributed by atoms with van der Waals surface area (Å²) in [7, 11) is 0. The Morgan fingerprint density at radius 1 is 1.50 bits per heavy atom. The van der Waals surface area contributed by atoms with Gasteiger partial charge < -0.3 is 5.32 Å². The Labute approximate surface area is 121 Å². The van der Waals surface area contributed by atoms with Gasteiger partial charge in [0.1, 0.15) is 5.82 Å². The van der Waals surface area contributed by atoms with Gasteiger partial charge in [0.05, 0.1) is 0 Å². The number of hydrogen-bond donors (Lipinski definition) is 2. The summed E-state index contributed by atoms with van der Waals surface area (Å²) in [6.45, 7) is 2.90. The average Bonchev–Trinajstić information content (AvgIpc) is 3.22. The highest BCUT2D eigenvalue weighted by Gasteiger charge is 2.28. The molecule has 2 aromatic heterocycles. The van der Waals surface area contributed by atoms with E-state index in [9.17, 15) is 4.79 Å². The van der Waals surface area contributed by atoms with E-state index in [0.717, 1.165) is 41.7 Å². The van der Waals surface area contributed by atoms with Crippen LogP contribution in [0.4, 0.5) is 5.82 Å². The van der Waals surface area contributed by atoms with Gasteiger partial charge in [0, 0.05) is 24.5 Å². The van der Waals surface area contributed by atoms with Gasteiger partial charge in [0.15, 0.2) is 5.16 Å². The van der Waals surface area contributed by atoms with Crippen molar-refractivity contribution in [2.45, 2.75) is 36.7 Å². The second kappa shape index (κ2) is 5.70. The molecule has 0 spiro atoms. The first-order valence-corrected chi connectivity index (χ1v) is 7.75. The van der Waals surface area contributed by atoms with E-state index in [2.05, 4.69) is 20.5 Å². The third-order valence-electron chi connectivity index (χ3n) is 3.13. The van der Waals surface area contributed by atoms with Crippen molar-refractivity contribution < 1.29 is 0 Å². The second-order valence-electron chi connectivity index (χ2n) is 4.78. The molecule has 0 saturated heterocycles. The quantitative estimate of drug-likeness (QED) is 0.796. The first-order chi connectivity index (χ1) is 9.78. The monoisotopic (exact) mass is 291 g/mol. The van der Waals surface area contributed by atoms with Crippen LogP contribution in [0.3, 0.4) is 0 Å². The molecule has 1 aliphatic rings. The van der Waals surface area contributed by atoms with E-state index in [0.29, 0.717) is 6.04 Å². The number of thioether (sulfide) groups is 1. The normalized spacial score (nSPS) is 14.4. The van der Waals surface area contributed by atoms with Crippen LogP contribution in [0.25, 0.3) is 0 Å². The number of nitrogens with zero attached hydrogens (tertiary/aromatic N) is 3. The van der Waals surface area contributed by atoms with Gasteiger partial charge >= 0.3 is 5.69 Å². The van der Waals surface area contributed by atoms with Crippen LogP contribution in [0.2, 0.25) is 0 Å². The van der Waals surface area contributed by atoms with Gasteiger partial charge in [-0.15, -0.1) is 5.10 Å². The summed E-state index contributed by atoms with van der Waals surface area (Å²) in [4.78, 5) is 16.0. The van der Waals surface area contributed by atoms with Gasteiger partial charge in [-0.3, -0.25) is 4.57 Å². The molecular formula is C13H17N5OS. The molecule has 6 nitrogen and oxygen atoms in total. The van der Waals surface area contributed by atoms with Crippen molar-refractivity contribution in [2.75, 3.05) is 11.9 Å². The maximum atomic E-state index is 11.7. The molecule has 1 fully saturated rings. The second-order valence-corrected chi connectivity index (χ2v) is 5.73. The van der Waals surface area contributed by atoms with E-state index >= 15 is 0 Å². The van der Waals surface area contributed by atoms with Crippen molar-refractivity contribution >= 4 is 17.6 Å². The minimum atomic E-state index is -0.101. The van der Waals surface area contributed by atoms with Crippen LogP contribution < -0.4 is 11.0 Å². The van der Waals surface area contributed by atoms with Crippen molar-refractivity contribution in [1.82, 2.24) is 19.7 Å². The maximum Gasteiger partial charge on any atom is 0.344 e. The highest BCUT2D eigenvalue weighted by atomic mass is 32.2. The van der Waals surface area contributed by atoms with Crippen LogP contribution in [0.1, 0.15) is 31.4 Å². The molecule has 0 bridgehead atoms. The lowest BCUT2D eigenvalue weighted by Gasteiger charge is -2.05. The summed E-state index contributed by atoms with van der Waals surface area (Å²) < 4.78 is 1.77. The SMILES string of the molecule is CCNc1ccc(CSc2n[nH]c(=O)n2C2CC2)cn1. The summed E-state index contributed by atoms with van der Waals surface area (Å²) in [6.07, 6.45) is 4.01. The third kappa shape index (κ3) is 2.87. The molecule has 0 aliphatic heterocycles. The lowest BCUT2D eigenvalue weighted by atomic mass is 10.3. The smallest absolute Gasteiger partial charge is 0.344 e. The number of H-pyrrole nitrogens is 1. The highest BCUT2D eigenvalue weighted by molar-refractivity contribution is 7.98. The van der Waals surface area contributed by atoms with E-state index < -0.39 is 0 Å². The minimum Gasteiger partial charge on any atom is -0.370 e. The topological polar surface area (TPSA) is 75.6 Å². The van der Waals surface area contributed by atoms with Crippen LogP contribution in [0.15, 0.2) is 28.3 Å². The Morgan fingerprint density at radius 3 is 3.00 bits per heavy atom. The molecule has 0 unspecified atom stereocenters. The molecular weight excluding hydrogens is 274 g/mol. The first-order valence-electron chi connectivity index (χ1n) is 6.76. The van der Waals surface area contributed by atoms with Crippen LogP contribution in [-0.4, -0.2) is 26.3 Å². The molecule has 2 aromatic rings. The standard InChI is InChI=1S/C13H17N5OS/c1-2-14-11-6-3-9(7-15-11)8-20-13-17-16-12(19)18(13)10-4-5-10/h3,6-7,10H,2,4-5,8H2,1H3,(H,14,15)(H,16,19). The van der Waals surface area contributed by atoms with E-state index in [1.165, 1.54) is 0 Å². The van der Waals surface area contributed by atoms with Crippen molar-refractivity contribution in [3.05, 3.63) is 34.4 Å². The zero-order chi connectivity index (χ0) is 13.9. The molecule has 20 heavy (non-hydrogen) atoms. The zero-order valence-corrected chi connectivity index (χ0v) is 12.1. The predicted molar refractivity (Wildman–Crippen MR) is 79.1 cm³/mol. The molecule has 0 atom stereocenters. The number of hydrogen-bond acceptors (Lipinski definition) is 5. The van der Waals surface area contributed by atoms with Crippen molar-refractivity contribution in [1.29, 1.82) is 0 Å². The van der Waals surface area contributed by atoms with Crippen molar-refractivity contribution in [2.24, 2.45) is 0 Å². The molecule has 7 heteroatoms. The number of anilines is 1. The number of aromatic nitrogens is 4. The fraction of sp³-hybridized carbons (Fsp3) is 0.462. The van der Waals surface area contributed by atoms with Crippen LogP contribution in [-0.2, 0) is 5.75 Å². The van der Waals surface area contributed by atoms with Gasteiger partial charge in [-0.05, 0) is 31.4 Å². The number of pyridine rings is 1. The summed E-state index contributed by atoms with van der Waals surface area (Å²) >= 11 is 1.57. The third-order valence-corrected chi connectivity index (χ3v) is 4.16. The van der Waals surface area contributed by atoms with Crippen LogP contribution in [0.5, 0.6) is 0 Å². The van der Waals surface area contributed by atoms with E-state index in [1.807, 2.05) is 25.3 Å². The number of rotatable bonds is 6. The molecule has 0 amide bonds. The molecule has 1 aliphatic carbocycles. The fourth-order valence-corrected chi connectivity index (χ4v) is 2.94. The van der Waals surface area contributed by atoms with E-state index in [-0.39, 0.29) is 5.69 Å². The van der Waals surface area contributed by atoms with E-state index in [1.54, 1.807) is 16.3 Å². The number of nitrogens with one attached hydrogen (secondary N) is 2. The summed E-state index contributed by atoms with van der Waals surface area (Å²) in [6, 6.07) is 4.36. The van der Waals surface area contributed by atoms with Crippen molar-refractivity contribution in [3.63, 3.8) is 0 Å². The minimum absolute atomic E-state index is 0.101. The lowest BCUT2D eigenvalue weighted by molar-refractivity contribution is 0.642. The van der Waals surface area contributed by atoms with Crippen molar-refractivity contribution in [3.8, 4) is 0 Å². The van der Waals surface area contributed by atoms with Gasteiger partial charge in [0.2, 0.25) is 0 Å². The fourth-order valence-electron chi connectivity index (χ4n) is 1.99. The Kier molecular flexibility index (Phi) is 3.77. The first kappa shape index (κ1) is 13.2. The zero-order valence-electron chi connectivity index (χ0n) is 11.3. The Bertz CT molecular complexity index is 629. The molecule has 0 aromatic carbocycles.